The van der Waals surface area contributed by atoms with E-state index in [1.165, 1.54) is 4.80 Å². The summed E-state index contributed by atoms with van der Waals surface area (Å²) < 4.78 is 0. The van der Waals surface area contributed by atoms with Crippen molar-refractivity contribution < 1.29 is 9.90 Å². The average molecular weight is 238 g/mol. The van der Waals surface area contributed by atoms with Crippen molar-refractivity contribution in [2.45, 2.75) is 52.0 Å². The summed E-state index contributed by atoms with van der Waals surface area (Å²) in [4.78, 5) is 12.9. The average Bonchev–Trinajstić information content (AvgIpc) is 2.61. The van der Waals surface area contributed by atoms with Gasteiger partial charge in [-0.05, 0) is 37.8 Å². The number of rotatable bonds is 2. The molecule has 0 aliphatic heterocycles. The summed E-state index contributed by atoms with van der Waals surface area (Å²) in [5, 5.41) is 21.5. The smallest absolute Gasteiger partial charge is 0.318 e. The topological polar surface area (TPSA) is 80.9 Å². The number of aliphatic carboxylic acids is 1. The van der Waals surface area contributed by atoms with Crippen LogP contribution in [0.15, 0.2) is 0 Å². The van der Waals surface area contributed by atoms with Crippen LogP contribution < -0.4 is 0 Å². The fraction of sp³-hybridized carbons (Fsp3) is 0.818. The lowest BCUT2D eigenvalue weighted by Crippen LogP contribution is -2.29. The van der Waals surface area contributed by atoms with Crippen molar-refractivity contribution in [2.24, 2.45) is 5.41 Å². The molecule has 0 aromatic carbocycles. The quantitative estimate of drug-likeness (QED) is 0.836. The molecular formula is C11H18N4O2. The first kappa shape index (κ1) is 12.0. The standard InChI is InChI=1S/C11H18N4O2/c1-9(2,3)15-13-7(12-14-15)11(8(16)17)6-10(11,4)5/h6H2,1-5H3,(H,16,17). The molecular weight excluding hydrogens is 220 g/mol. The number of carboxylic acids is 1. The van der Waals surface area contributed by atoms with Gasteiger partial charge in [0.15, 0.2) is 5.82 Å². The van der Waals surface area contributed by atoms with Crippen LogP contribution in [0.5, 0.6) is 0 Å². The molecule has 6 nitrogen and oxygen atoms in total. The van der Waals surface area contributed by atoms with Crippen LogP contribution in [0.2, 0.25) is 0 Å². The molecule has 94 valence electrons. The van der Waals surface area contributed by atoms with E-state index in [0.29, 0.717) is 12.2 Å². The lowest BCUT2D eigenvalue weighted by molar-refractivity contribution is -0.141. The van der Waals surface area contributed by atoms with Crippen LogP contribution in [-0.2, 0) is 15.7 Å². The second-order valence-electron chi connectivity index (χ2n) is 6.34. The lowest BCUT2D eigenvalue weighted by Gasteiger charge is -2.16. The molecule has 1 saturated carbocycles. The van der Waals surface area contributed by atoms with Gasteiger partial charge in [-0.3, -0.25) is 4.79 Å². The molecule has 1 heterocycles. The predicted octanol–water partition coefficient (Wildman–Crippen LogP) is 1.18. The number of carbonyl (C=O) groups is 1. The zero-order chi connectivity index (χ0) is 13.1. The van der Waals surface area contributed by atoms with E-state index < -0.39 is 11.4 Å². The Balaban J connectivity index is 2.42. The van der Waals surface area contributed by atoms with Gasteiger partial charge in [-0.2, -0.15) is 4.80 Å². The van der Waals surface area contributed by atoms with Crippen molar-refractivity contribution in [2.75, 3.05) is 0 Å². The van der Waals surface area contributed by atoms with E-state index >= 15 is 0 Å². The van der Waals surface area contributed by atoms with Gasteiger partial charge in [-0.1, -0.05) is 13.8 Å². The third-order valence-corrected chi connectivity index (χ3v) is 3.50. The second kappa shape index (κ2) is 3.05. The van der Waals surface area contributed by atoms with Gasteiger partial charge >= 0.3 is 5.97 Å². The van der Waals surface area contributed by atoms with Gasteiger partial charge < -0.3 is 5.11 Å². The maximum absolute atomic E-state index is 11.4. The Bertz CT molecular complexity index is 472. The summed E-state index contributed by atoms with van der Waals surface area (Å²) in [5.74, 6) is -0.541. The summed E-state index contributed by atoms with van der Waals surface area (Å²) in [5.41, 5.74) is -1.55. The maximum atomic E-state index is 11.4. The van der Waals surface area contributed by atoms with Crippen LogP contribution in [-0.4, -0.2) is 31.3 Å². The van der Waals surface area contributed by atoms with E-state index in [4.69, 9.17) is 0 Å². The number of aromatic nitrogens is 4. The third-order valence-electron chi connectivity index (χ3n) is 3.50. The largest absolute Gasteiger partial charge is 0.480 e. The number of hydrogen-bond donors (Lipinski definition) is 1. The minimum atomic E-state index is -0.962. The van der Waals surface area contributed by atoms with Crippen LogP contribution >= 0.6 is 0 Å². The van der Waals surface area contributed by atoms with Gasteiger partial charge in [0.1, 0.15) is 5.41 Å². The van der Waals surface area contributed by atoms with Crippen molar-refractivity contribution in [3.63, 3.8) is 0 Å². The monoisotopic (exact) mass is 238 g/mol. The first-order valence-electron chi connectivity index (χ1n) is 5.66. The minimum Gasteiger partial charge on any atom is -0.480 e. The van der Waals surface area contributed by atoms with Gasteiger partial charge in [-0.25, -0.2) is 0 Å². The summed E-state index contributed by atoms with van der Waals surface area (Å²) in [6, 6.07) is 0. The first-order chi connectivity index (χ1) is 7.61. The summed E-state index contributed by atoms with van der Waals surface area (Å²) in [7, 11) is 0. The Labute approximate surface area is 100 Å². The van der Waals surface area contributed by atoms with Crippen LogP contribution in [0.1, 0.15) is 46.9 Å². The van der Waals surface area contributed by atoms with Crippen molar-refractivity contribution >= 4 is 5.97 Å². The molecule has 1 aliphatic rings. The molecule has 1 aromatic heterocycles. The highest BCUT2D eigenvalue weighted by Crippen LogP contribution is 2.63. The van der Waals surface area contributed by atoms with Gasteiger partial charge in [0.2, 0.25) is 0 Å². The SMILES string of the molecule is CC(C)(C)n1nnc(C2(C(=O)O)CC2(C)C)n1. The van der Waals surface area contributed by atoms with Crippen molar-refractivity contribution in [3.8, 4) is 0 Å². The molecule has 1 atom stereocenters. The van der Waals surface area contributed by atoms with E-state index in [1.54, 1.807) is 0 Å². The van der Waals surface area contributed by atoms with Crippen LogP contribution in [0.3, 0.4) is 0 Å². The van der Waals surface area contributed by atoms with E-state index in [2.05, 4.69) is 15.4 Å². The Morgan fingerprint density at radius 2 is 1.94 bits per heavy atom. The zero-order valence-electron chi connectivity index (χ0n) is 10.9. The zero-order valence-corrected chi connectivity index (χ0v) is 10.9. The van der Waals surface area contributed by atoms with Gasteiger partial charge in [0, 0.05) is 0 Å². The Morgan fingerprint density at radius 3 is 2.24 bits per heavy atom. The molecule has 1 N–H and O–H groups in total. The Kier molecular flexibility index (Phi) is 2.16. The number of tetrazole rings is 1. The van der Waals surface area contributed by atoms with Crippen LogP contribution in [0.25, 0.3) is 0 Å². The van der Waals surface area contributed by atoms with Crippen molar-refractivity contribution in [1.82, 2.24) is 20.2 Å². The molecule has 0 bridgehead atoms. The molecule has 0 saturated heterocycles. The molecule has 0 amide bonds. The predicted molar refractivity (Wildman–Crippen MR) is 60.5 cm³/mol. The first-order valence-corrected chi connectivity index (χ1v) is 5.66. The highest BCUT2D eigenvalue weighted by atomic mass is 16.4. The van der Waals surface area contributed by atoms with Crippen molar-refractivity contribution in [3.05, 3.63) is 5.82 Å². The number of carboxylic acid groups (broad SMARTS) is 1. The summed E-state index contributed by atoms with van der Waals surface area (Å²) in [6.45, 7) is 9.68. The van der Waals surface area contributed by atoms with E-state index in [-0.39, 0.29) is 11.0 Å². The van der Waals surface area contributed by atoms with Crippen LogP contribution in [0.4, 0.5) is 0 Å². The van der Waals surface area contributed by atoms with E-state index in [0.717, 1.165) is 0 Å². The van der Waals surface area contributed by atoms with Crippen molar-refractivity contribution in [1.29, 1.82) is 0 Å². The second-order valence-corrected chi connectivity index (χ2v) is 6.34. The highest BCUT2D eigenvalue weighted by molar-refractivity contribution is 5.85. The van der Waals surface area contributed by atoms with Gasteiger partial charge in [-0.15, -0.1) is 10.2 Å². The normalized spacial score (nSPS) is 26.9. The van der Waals surface area contributed by atoms with E-state index in [9.17, 15) is 9.90 Å². The highest BCUT2D eigenvalue weighted by Gasteiger charge is 2.70. The minimum absolute atomic E-state index is 0.288. The third kappa shape index (κ3) is 1.54. The summed E-state index contributed by atoms with van der Waals surface area (Å²) in [6.07, 6.45) is 0.561. The number of hydrogen-bond acceptors (Lipinski definition) is 4. The maximum Gasteiger partial charge on any atom is 0.318 e. The number of nitrogens with zero attached hydrogens (tertiary/aromatic N) is 4. The molecule has 0 spiro atoms. The van der Waals surface area contributed by atoms with Gasteiger partial charge in [0.25, 0.3) is 0 Å². The molecule has 6 heteroatoms. The van der Waals surface area contributed by atoms with E-state index in [1.807, 2.05) is 34.6 Å². The molecule has 1 aromatic rings. The van der Waals surface area contributed by atoms with Gasteiger partial charge in [0.05, 0.1) is 5.54 Å². The van der Waals surface area contributed by atoms with Crippen LogP contribution in [0, 0.1) is 5.41 Å². The molecule has 1 aliphatic carbocycles. The molecule has 1 fully saturated rings. The Morgan fingerprint density at radius 1 is 1.41 bits per heavy atom. The molecule has 0 radical (unpaired) electrons. The lowest BCUT2D eigenvalue weighted by atomic mass is 9.95. The fourth-order valence-corrected chi connectivity index (χ4v) is 2.13. The molecule has 1 unspecified atom stereocenters. The fourth-order valence-electron chi connectivity index (χ4n) is 2.13. The molecule has 17 heavy (non-hydrogen) atoms. The summed E-state index contributed by atoms with van der Waals surface area (Å²) >= 11 is 0. The Hall–Kier alpha value is -1.46. The molecule has 2 rings (SSSR count).